The second kappa shape index (κ2) is 5.77. The van der Waals surface area contributed by atoms with E-state index in [1.165, 1.54) is 17.8 Å². The number of thioether (sulfide) groups is 1. The van der Waals surface area contributed by atoms with Crippen LogP contribution >= 0.6 is 39.3 Å². The Morgan fingerprint density at radius 1 is 1.44 bits per heavy atom. The predicted molar refractivity (Wildman–Crippen MR) is 78.0 cm³/mol. The van der Waals surface area contributed by atoms with E-state index in [-0.39, 0.29) is 11.4 Å². The molecule has 0 spiro atoms. The lowest BCUT2D eigenvalue weighted by Crippen LogP contribution is -2.09. The summed E-state index contributed by atoms with van der Waals surface area (Å²) in [5, 5.41) is 1.15. The lowest BCUT2D eigenvalue weighted by atomic mass is 10.2. The summed E-state index contributed by atoms with van der Waals surface area (Å²) in [5.74, 6) is 0.821. The summed E-state index contributed by atoms with van der Waals surface area (Å²) in [4.78, 5) is 17.9. The summed E-state index contributed by atoms with van der Waals surface area (Å²) in [6.45, 7) is 0. The first-order valence-electron chi connectivity index (χ1n) is 4.98. The summed E-state index contributed by atoms with van der Waals surface area (Å²) < 4.78 is 0.928. The molecule has 2 aromatic rings. The highest BCUT2D eigenvalue weighted by Gasteiger charge is 2.04. The van der Waals surface area contributed by atoms with Crippen molar-refractivity contribution in [3.8, 4) is 0 Å². The van der Waals surface area contributed by atoms with Crippen molar-refractivity contribution in [2.45, 2.75) is 10.9 Å². The third kappa shape index (κ3) is 3.51. The van der Waals surface area contributed by atoms with Crippen LogP contribution in [0.1, 0.15) is 5.56 Å². The minimum atomic E-state index is -0.257. The van der Waals surface area contributed by atoms with E-state index in [1.807, 2.05) is 18.2 Å². The molecule has 7 heteroatoms. The molecule has 0 aliphatic heterocycles. The summed E-state index contributed by atoms with van der Waals surface area (Å²) in [5.41, 5.74) is 6.21. The van der Waals surface area contributed by atoms with Gasteiger partial charge in [-0.15, -0.1) is 0 Å². The summed E-state index contributed by atoms with van der Waals surface area (Å²) in [6, 6.07) is 6.91. The van der Waals surface area contributed by atoms with Crippen molar-refractivity contribution >= 4 is 45.1 Å². The molecule has 0 unspecified atom stereocenters. The number of halogens is 2. The van der Waals surface area contributed by atoms with E-state index < -0.39 is 0 Å². The van der Waals surface area contributed by atoms with Crippen LogP contribution in [0.4, 0.5) is 5.82 Å². The van der Waals surface area contributed by atoms with Crippen LogP contribution in [-0.4, -0.2) is 9.97 Å². The van der Waals surface area contributed by atoms with Crippen molar-refractivity contribution < 1.29 is 0 Å². The van der Waals surface area contributed by atoms with Gasteiger partial charge in [-0.3, -0.25) is 4.79 Å². The molecule has 3 N–H and O–H groups in total. The first-order valence-corrected chi connectivity index (χ1v) is 7.14. The van der Waals surface area contributed by atoms with Gasteiger partial charge in [0.2, 0.25) is 0 Å². The lowest BCUT2D eigenvalue weighted by Gasteiger charge is -2.04. The highest BCUT2D eigenvalue weighted by Crippen LogP contribution is 2.26. The zero-order chi connectivity index (χ0) is 13.1. The van der Waals surface area contributed by atoms with Gasteiger partial charge in [-0.25, -0.2) is 4.98 Å². The lowest BCUT2D eigenvalue weighted by molar-refractivity contribution is 0.945. The molecular formula is C11H9BrClN3OS. The first kappa shape index (κ1) is 13.5. The molecule has 2 rings (SSSR count). The number of nitrogens with one attached hydrogen (secondary N) is 1. The van der Waals surface area contributed by atoms with Crippen LogP contribution in [-0.2, 0) is 5.75 Å². The number of aromatic amines is 1. The van der Waals surface area contributed by atoms with E-state index in [2.05, 4.69) is 25.9 Å². The van der Waals surface area contributed by atoms with Gasteiger partial charge >= 0.3 is 0 Å². The molecule has 94 valence electrons. The molecule has 0 aliphatic carbocycles. The second-order valence-corrected chi connectivity index (χ2v) is 5.79. The molecule has 0 radical (unpaired) electrons. The van der Waals surface area contributed by atoms with Crippen LogP contribution in [0.3, 0.4) is 0 Å². The van der Waals surface area contributed by atoms with Crippen molar-refractivity contribution in [1.82, 2.24) is 9.97 Å². The molecule has 0 fully saturated rings. The zero-order valence-corrected chi connectivity index (χ0v) is 12.3. The van der Waals surface area contributed by atoms with Gasteiger partial charge in [0.1, 0.15) is 5.82 Å². The van der Waals surface area contributed by atoms with Gasteiger partial charge in [0.15, 0.2) is 5.16 Å². The number of hydrogen-bond donors (Lipinski definition) is 2. The van der Waals surface area contributed by atoms with Crippen LogP contribution in [0.15, 0.2) is 38.7 Å². The van der Waals surface area contributed by atoms with Crippen LogP contribution in [0.5, 0.6) is 0 Å². The van der Waals surface area contributed by atoms with Gasteiger partial charge in [-0.1, -0.05) is 45.4 Å². The molecule has 18 heavy (non-hydrogen) atoms. The normalized spacial score (nSPS) is 10.6. The molecular weight excluding hydrogens is 338 g/mol. The Balaban J connectivity index is 2.13. The standard InChI is InChI=1S/C11H9BrClN3OS/c12-7-2-1-6(8(13)3-7)5-18-11-15-9(14)4-10(17)16-11/h1-4H,5H2,(H3,14,15,16,17). The van der Waals surface area contributed by atoms with E-state index in [0.29, 0.717) is 15.9 Å². The average Bonchev–Trinajstić information content (AvgIpc) is 2.26. The van der Waals surface area contributed by atoms with Crippen molar-refractivity contribution in [3.63, 3.8) is 0 Å². The number of H-pyrrole nitrogens is 1. The second-order valence-electron chi connectivity index (χ2n) is 3.50. The minimum absolute atomic E-state index is 0.211. The Labute approximate surface area is 121 Å². The van der Waals surface area contributed by atoms with Gasteiger partial charge in [-0.05, 0) is 17.7 Å². The number of anilines is 1. The molecule has 1 aromatic heterocycles. The fourth-order valence-corrected chi connectivity index (χ4v) is 3.01. The Kier molecular flexibility index (Phi) is 4.31. The molecule has 1 aromatic carbocycles. The summed E-state index contributed by atoms with van der Waals surface area (Å²) in [6.07, 6.45) is 0. The topological polar surface area (TPSA) is 71.8 Å². The molecule has 0 atom stereocenters. The van der Waals surface area contributed by atoms with Crippen LogP contribution in [0, 0.1) is 0 Å². The Bertz CT molecular complexity index is 632. The maximum atomic E-state index is 11.2. The smallest absolute Gasteiger partial charge is 0.253 e. The van der Waals surface area contributed by atoms with Crippen molar-refractivity contribution in [2.75, 3.05) is 5.73 Å². The van der Waals surface area contributed by atoms with Gasteiger partial charge in [0.05, 0.1) is 0 Å². The van der Waals surface area contributed by atoms with E-state index in [9.17, 15) is 4.79 Å². The Morgan fingerprint density at radius 2 is 2.22 bits per heavy atom. The fraction of sp³-hybridized carbons (Fsp3) is 0.0909. The van der Waals surface area contributed by atoms with Gasteiger partial charge in [0.25, 0.3) is 5.56 Å². The minimum Gasteiger partial charge on any atom is -0.383 e. The Hall–Kier alpha value is -0.980. The highest BCUT2D eigenvalue weighted by atomic mass is 79.9. The van der Waals surface area contributed by atoms with E-state index >= 15 is 0 Å². The molecule has 4 nitrogen and oxygen atoms in total. The number of hydrogen-bond acceptors (Lipinski definition) is 4. The monoisotopic (exact) mass is 345 g/mol. The van der Waals surface area contributed by atoms with Gasteiger partial charge in [-0.2, -0.15) is 0 Å². The van der Waals surface area contributed by atoms with Crippen molar-refractivity contribution in [1.29, 1.82) is 0 Å². The van der Waals surface area contributed by atoms with Crippen LogP contribution in [0.2, 0.25) is 5.02 Å². The SMILES string of the molecule is Nc1cc(=O)[nH]c(SCc2ccc(Br)cc2Cl)n1. The molecule has 0 saturated carbocycles. The van der Waals surface area contributed by atoms with E-state index in [4.69, 9.17) is 17.3 Å². The number of nitrogen functional groups attached to an aromatic ring is 1. The number of nitrogens with zero attached hydrogens (tertiary/aromatic N) is 1. The summed E-state index contributed by atoms with van der Waals surface area (Å²) in [7, 11) is 0. The average molecular weight is 347 g/mol. The maximum Gasteiger partial charge on any atom is 0.253 e. The molecule has 0 amide bonds. The third-order valence-corrected chi connectivity index (χ3v) is 3.89. The number of rotatable bonds is 3. The molecule has 0 aliphatic rings. The van der Waals surface area contributed by atoms with E-state index in [1.54, 1.807) is 0 Å². The van der Waals surface area contributed by atoms with Crippen LogP contribution in [0.25, 0.3) is 0 Å². The Morgan fingerprint density at radius 3 is 2.89 bits per heavy atom. The largest absolute Gasteiger partial charge is 0.383 e. The van der Waals surface area contributed by atoms with Gasteiger partial charge in [0, 0.05) is 21.3 Å². The van der Waals surface area contributed by atoms with Crippen LogP contribution < -0.4 is 11.3 Å². The highest BCUT2D eigenvalue weighted by molar-refractivity contribution is 9.10. The summed E-state index contributed by atoms with van der Waals surface area (Å²) >= 11 is 10.8. The third-order valence-electron chi connectivity index (χ3n) is 2.12. The molecule has 0 bridgehead atoms. The fourth-order valence-electron chi connectivity index (χ4n) is 1.31. The molecule has 0 saturated heterocycles. The maximum absolute atomic E-state index is 11.2. The number of nitrogens with two attached hydrogens (primary N) is 1. The zero-order valence-electron chi connectivity index (χ0n) is 9.11. The van der Waals surface area contributed by atoms with E-state index in [0.717, 1.165) is 10.0 Å². The predicted octanol–water partition coefficient (Wildman–Crippen LogP) is 3.06. The molecule has 1 heterocycles. The number of benzene rings is 1. The van der Waals surface area contributed by atoms with Crippen molar-refractivity contribution in [2.24, 2.45) is 0 Å². The van der Waals surface area contributed by atoms with Gasteiger partial charge < -0.3 is 10.7 Å². The van der Waals surface area contributed by atoms with Crippen molar-refractivity contribution in [3.05, 3.63) is 49.7 Å². The first-order chi connectivity index (χ1) is 8.54. The quantitative estimate of drug-likeness (QED) is 0.662. The number of aromatic nitrogens is 2.